The fourth-order valence-corrected chi connectivity index (χ4v) is 3.07. The highest BCUT2D eigenvalue weighted by Gasteiger charge is 2.17. The van der Waals surface area contributed by atoms with Gasteiger partial charge < -0.3 is 9.64 Å². The van der Waals surface area contributed by atoms with Crippen LogP contribution in [0.1, 0.15) is 64.9 Å². The number of unbranched alkanes of at least 4 members (excludes halogenated alkanes) is 3. The number of rotatable bonds is 10. The topological polar surface area (TPSA) is 41.9 Å². The Kier molecular flexibility index (Phi) is 8.39. The molecular weight excluding hydrogens is 324 g/mol. The second kappa shape index (κ2) is 10.8. The van der Waals surface area contributed by atoms with E-state index in [-0.39, 0.29) is 11.9 Å². The van der Waals surface area contributed by atoms with Gasteiger partial charge in [0.25, 0.3) is 0 Å². The number of esters is 1. The van der Waals surface area contributed by atoms with Gasteiger partial charge in [-0.25, -0.2) is 4.99 Å². The Morgan fingerprint density at radius 3 is 2.85 bits per heavy atom. The second-order valence-corrected chi connectivity index (χ2v) is 7.02. The molecule has 4 heteroatoms. The molecule has 1 atom stereocenters. The highest BCUT2D eigenvalue weighted by Crippen LogP contribution is 2.21. The van der Waals surface area contributed by atoms with E-state index in [2.05, 4.69) is 48.0 Å². The van der Waals surface area contributed by atoms with Crippen molar-refractivity contribution in [1.29, 1.82) is 0 Å². The molecule has 2 rings (SSSR count). The van der Waals surface area contributed by atoms with E-state index in [9.17, 15) is 4.79 Å². The van der Waals surface area contributed by atoms with Crippen molar-refractivity contribution in [3.05, 3.63) is 41.9 Å². The van der Waals surface area contributed by atoms with Crippen LogP contribution in [0.5, 0.6) is 0 Å². The third-order valence-electron chi connectivity index (χ3n) is 4.65. The minimum Gasteiger partial charge on any atom is -0.406 e. The van der Waals surface area contributed by atoms with Crippen molar-refractivity contribution in [2.45, 2.75) is 65.7 Å². The molecule has 1 heterocycles. The van der Waals surface area contributed by atoms with E-state index in [1.807, 2.05) is 13.1 Å². The van der Waals surface area contributed by atoms with E-state index >= 15 is 0 Å². The number of carbonyl (C=O) groups is 1. The molecule has 1 aromatic rings. The highest BCUT2D eigenvalue weighted by atomic mass is 16.5. The summed E-state index contributed by atoms with van der Waals surface area (Å²) in [6.45, 7) is 6.89. The van der Waals surface area contributed by atoms with Crippen molar-refractivity contribution < 1.29 is 9.53 Å². The maximum atomic E-state index is 12.1. The zero-order chi connectivity index (χ0) is 18.8. The van der Waals surface area contributed by atoms with Crippen LogP contribution in [-0.2, 0) is 16.0 Å². The first-order valence-corrected chi connectivity index (χ1v) is 9.95. The lowest BCUT2D eigenvalue weighted by atomic mass is 10.1. The summed E-state index contributed by atoms with van der Waals surface area (Å²) >= 11 is 0. The molecule has 1 aliphatic rings. The number of hydrogen-bond acceptors (Lipinski definition) is 4. The molecule has 0 bridgehead atoms. The molecule has 0 fully saturated rings. The van der Waals surface area contributed by atoms with Crippen molar-refractivity contribution in [3.63, 3.8) is 0 Å². The van der Waals surface area contributed by atoms with Gasteiger partial charge in [-0.15, -0.1) is 0 Å². The summed E-state index contributed by atoms with van der Waals surface area (Å²) in [5, 5.41) is 0. The summed E-state index contributed by atoms with van der Waals surface area (Å²) in [5.41, 5.74) is 2.46. The van der Waals surface area contributed by atoms with Crippen molar-refractivity contribution >= 4 is 17.9 Å². The van der Waals surface area contributed by atoms with Crippen LogP contribution in [-0.4, -0.2) is 18.7 Å². The zero-order valence-electron chi connectivity index (χ0n) is 16.4. The largest absolute Gasteiger partial charge is 0.406 e. The lowest BCUT2D eigenvalue weighted by molar-refractivity contribution is -0.143. The molecular formula is C22H32N2O2. The van der Waals surface area contributed by atoms with Gasteiger partial charge in [0, 0.05) is 11.9 Å². The fraction of sp³-hybridized carbons (Fsp3) is 0.545. The molecule has 1 aromatic carbocycles. The monoisotopic (exact) mass is 356 g/mol. The minimum atomic E-state index is -0.207. The van der Waals surface area contributed by atoms with Gasteiger partial charge in [0.1, 0.15) is 0 Å². The van der Waals surface area contributed by atoms with Gasteiger partial charge in [-0.3, -0.25) is 4.79 Å². The molecule has 0 amide bonds. The van der Waals surface area contributed by atoms with Crippen LogP contribution in [0.15, 0.2) is 41.3 Å². The number of hydrogen-bond donors (Lipinski definition) is 0. The first kappa shape index (κ1) is 20.2. The molecule has 142 valence electrons. The molecule has 4 nitrogen and oxygen atoms in total. The van der Waals surface area contributed by atoms with Crippen LogP contribution in [0.4, 0.5) is 5.69 Å². The summed E-state index contributed by atoms with van der Waals surface area (Å²) in [7, 11) is 0. The molecule has 1 unspecified atom stereocenters. The normalized spacial score (nSPS) is 14.9. The van der Waals surface area contributed by atoms with Crippen LogP contribution < -0.4 is 4.90 Å². The lowest BCUT2D eigenvalue weighted by Crippen LogP contribution is -2.24. The third-order valence-corrected chi connectivity index (χ3v) is 4.65. The molecule has 0 saturated carbocycles. The van der Waals surface area contributed by atoms with E-state index in [0.29, 0.717) is 12.4 Å². The quantitative estimate of drug-likeness (QED) is 0.412. The molecule has 0 aromatic heterocycles. The Balaban J connectivity index is 1.99. The predicted molar refractivity (Wildman–Crippen MR) is 108 cm³/mol. The Hall–Kier alpha value is -2.10. The Morgan fingerprint density at radius 1 is 1.23 bits per heavy atom. The van der Waals surface area contributed by atoms with Crippen LogP contribution in [0.3, 0.4) is 0 Å². The number of ether oxygens (including phenoxy) is 1. The number of benzene rings is 1. The summed E-state index contributed by atoms with van der Waals surface area (Å²) in [4.78, 5) is 18.4. The average molecular weight is 357 g/mol. The summed E-state index contributed by atoms with van der Waals surface area (Å²) in [5.74, 6) is 0.0669. The minimum absolute atomic E-state index is 0.0991. The maximum absolute atomic E-state index is 12.1. The molecule has 1 aliphatic heterocycles. The van der Waals surface area contributed by atoms with Gasteiger partial charge in [-0.1, -0.05) is 58.6 Å². The fourth-order valence-electron chi connectivity index (χ4n) is 3.07. The van der Waals surface area contributed by atoms with E-state index in [0.717, 1.165) is 24.9 Å². The van der Waals surface area contributed by atoms with Crippen LogP contribution in [0.2, 0.25) is 0 Å². The molecule has 0 spiro atoms. The number of anilines is 1. The smallest absolute Gasteiger partial charge is 0.315 e. The van der Waals surface area contributed by atoms with E-state index < -0.39 is 0 Å². The standard InChI is InChI=1S/C22H32N2O2/c1-4-6-7-8-11-19-12-9-13-20(16-19)24-15-14-23-21(17-24)26-22(25)18(3)10-5-2/h9,12-14,16-18H,4-8,10-11,15H2,1-3H3. The summed E-state index contributed by atoms with van der Waals surface area (Å²) in [6, 6.07) is 8.59. The molecule has 26 heavy (non-hydrogen) atoms. The Labute approximate surface area is 158 Å². The lowest BCUT2D eigenvalue weighted by Gasteiger charge is -2.23. The molecule has 0 radical (unpaired) electrons. The third kappa shape index (κ3) is 6.32. The highest BCUT2D eigenvalue weighted by molar-refractivity contribution is 5.75. The summed E-state index contributed by atoms with van der Waals surface area (Å²) in [6.07, 6.45) is 11.6. The van der Waals surface area contributed by atoms with Crippen LogP contribution in [0.25, 0.3) is 0 Å². The van der Waals surface area contributed by atoms with Crippen molar-refractivity contribution in [1.82, 2.24) is 0 Å². The molecule has 0 saturated heterocycles. The van der Waals surface area contributed by atoms with Crippen molar-refractivity contribution in [2.75, 3.05) is 11.4 Å². The Morgan fingerprint density at radius 2 is 2.08 bits per heavy atom. The zero-order valence-corrected chi connectivity index (χ0v) is 16.4. The van der Waals surface area contributed by atoms with Gasteiger partial charge >= 0.3 is 5.97 Å². The van der Waals surface area contributed by atoms with E-state index in [1.54, 1.807) is 6.21 Å². The number of aliphatic imine (C=N–C) groups is 1. The first-order valence-electron chi connectivity index (χ1n) is 9.95. The van der Waals surface area contributed by atoms with Crippen LogP contribution >= 0.6 is 0 Å². The van der Waals surface area contributed by atoms with E-state index in [1.165, 1.54) is 31.2 Å². The van der Waals surface area contributed by atoms with Crippen LogP contribution in [0, 0.1) is 5.92 Å². The van der Waals surface area contributed by atoms with Gasteiger partial charge in [-0.2, -0.15) is 0 Å². The predicted octanol–water partition coefficient (Wildman–Crippen LogP) is 5.48. The molecule has 0 aliphatic carbocycles. The maximum Gasteiger partial charge on any atom is 0.315 e. The van der Waals surface area contributed by atoms with Gasteiger partial charge in [0.15, 0.2) is 0 Å². The van der Waals surface area contributed by atoms with Crippen molar-refractivity contribution in [2.24, 2.45) is 10.9 Å². The Bertz CT molecular complexity index is 637. The van der Waals surface area contributed by atoms with E-state index in [4.69, 9.17) is 4.74 Å². The molecule has 0 N–H and O–H groups in total. The van der Waals surface area contributed by atoms with Gasteiger partial charge in [-0.05, 0) is 37.0 Å². The number of aryl methyl sites for hydroxylation is 1. The average Bonchev–Trinajstić information content (AvgIpc) is 2.66. The van der Waals surface area contributed by atoms with Gasteiger partial charge in [0.05, 0.1) is 18.7 Å². The second-order valence-electron chi connectivity index (χ2n) is 7.02. The first-order chi connectivity index (χ1) is 12.6. The SMILES string of the molecule is CCCCCCc1cccc(N2C=C(OC(=O)C(C)CCC)N=CC2)c1. The summed E-state index contributed by atoms with van der Waals surface area (Å²) < 4.78 is 5.46. The van der Waals surface area contributed by atoms with Crippen molar-refractivity contribution in [3.8, 4) is 0 Å². The number of carbonyl (C=O) groups excluding carboxylic acids is 1. The number of nitrogens with zero attached hydrogens (tertiary/aromatic N) is 2. The van der Waals surface area contributed by atoms with Gasteiger partial charge in [0.2, 0.25) is 5.88 Å².